The quantitative estimate of drug-likeness (QED) is 0.263. The molecule has 1 amide bonds. The zero-order chi connectivity index (χ0) is 22.8. The second-order valence-electron chi connectivity index (χ2n) is 7.41. The van der Waals surface area contributed by atoms with Crippen molar-refractivity contribution in [2.24, 2.45) is 0 Å². The average molecular weight is 499 g/mol. The maximum atomic E-state index is 12.6. The molecule has 0 saturated carbocycles. The number of fused-ring (bicyclic) bond motifs is 3. The summed E-state index contributed by atoms with van der Waals surface area (Å²) in [6.45, 7) is 0. The highest BCUT2D eigenvalue weighted by molar-refractivity contribution is 9.10. The lowest BCUT2D eigenvalue weighted by molar-refractivity contribution is -0.111. The van der Waals surface area contributed by atoms with E-state index in [9.17, 15) is 4.79 Å². The van der Waals surface area contributed by atoms with Crippen LogP contribution in [-0.4, -0.2) is 18.0 Å². The third-order valence-electron chi connectivity index (χ3n) is 5.30. The first-order valence-corrected chi connectivity index (χ1v) is 11.1. The number of para-hydroxylation sites is 1. The highest BCUT2D eigenvalue weighted by Gasteiger charge is 2.15. The fourth-order valence-corrected chi connectivity index (χ4v) is 4.25. The first-order chi connectivity index (χ1) is 16.1. The number of aromatic nitrogens is 1. The predicted octanol–water partition coefficient (Wildman–Crippen LogP) is 7.07. The van der Waals surface area contributed by atoms with Gasteiger partial charge in [0, 0.05) is 11.5 Å². The summed E-state index contributed by atoms with van der Waals surface area (Å²) in [6, 6.07) is 25.1. The maximum Gasteiger partial charge on any atom is 0.248 e. The lowest BCUT2D eigenvalue weighted by atomic mass is 10.1. The van der Waals surface area contributed by atoms with Crippen molar-refractivity contribution in [2.75, 3.05) is 12.4 Å². The van der Waals surface area contributed by atoms with Crippen LogP contribution in [-0.2, 0) is 4.79 Å². The van der Waals surface area contributed by atoms with E-state index < -0.39 is 0 Å². The molecule has 162 valence electrons. The number of oxazole rings is 1. The summed E-state index contributed by atoms with van der Waals surface area (Å²) < 4.78 is 12.1. The van der Waals surface area contributed by atoms with Crippen LogP contribution in [0.2, 0.25) is 0 Å². The SMILES string of the molecule is COc1ccc(C=CC(=O)Nc2ccccc2-c2nc3c(ccc4ccccc43)o2)cc1Br. The van der Waals surface area contributed by atoms with Crippen LogP contribution in [0.3, 0.4) is 0 Å². The number of methoxy groups -OCH3 is 1. The van der Waals surface area contributed by atoms with Crippen LogP contribution in [0, 0.1) is 0 Å². The van der Waals surface area contributed by atoms with Gasteiger partial charge in [0.05, 0.1) is 22.8 Å². The number of rotatable bonds is 5. The van der Waals surface area contributed by atoms with Crippen LogP contribution < -0.4 is 10.1 Å². The summed E-state index contributed by atoms with van der Waals surface area (Å²) in [5, 5.41) is 5.06. The number of nitrogens with one attached hydrogen (secondary N) is 1. The van der Waals surface area contributed by atoms with Crippen LogP contribution in [0.15, 0.2) is 93.8 Å². The van der Waals surface area contributed by atoms with Gasteiger partial charge in [-0.1, -0.05) is 48.5 Å². The van der Waals surface area contributed by atoms with E-state index in [1.807, 2.05) is 78.9 Å². The molecule has 33 heavy (non-hydrogen) atoms. The van der Waals surface area contributed by atoms with E-state index in [-0.39, 0.29) is 5.91 Å². The second kappa shape index (κ2) is 8.92. The third-order valence-corrected chi connectivity index (χ3v) is 5.92. The minimum absolute atomic E-state index is 0.254. The molecule has 0 bridgehead atoms. The second-order valence-corrected chi connectivity index (χ2v) is 8.27. The zero-order valence-electron chi connectivity index (χ0n) is 17.7. The van der Waals surface area contributed by atoms with Crippen molar-refractivity contribution in [1.29, 1.82) is 0 Å². The molecule has 1 N–H and O–H groups in total. The largest absolute Gasteiger partial charge is 0.496 e. The van der Waals surface area contributed by atoms with Gasteiger partial charge in [-0.15, -0.1) is 0 Å². The Bertz CT molecular complexity index is 1520. The summed E-state index contributed by atoms with van der Waals surface area (Å²) in [6.07, 6.45) is 3.23. The molecule has 0 atom stereocenters. The molecule has 1 aromatic heterocycles. The molecule has 5 aromatic rings. The normalized spacial score (nSPS) is 11.3. The fraction of sp³-hybridized carbons (Fsp3) is 0.0370. The minimum Gasteiger partial charge on any atom is -0.496 e. The van der Waals surface area contributed by atoms with Crippen molar-refractivity contribution in [3.05, 3.63) is 95.0 Å². The number of hydrogen-bond donors (Lipinski definition) is 1. The summed E-state index contributed by atoms with van der Waals surface area (Å²) in [4.78, 5) is 17.4. The molecule has 0 radical (unpaired) electrons. The Morgan fingerprint density at radius 1 is 1.03 bits per heavy atom. The highest BCUT2D eigenvalue weighted by atomic mass is 79.9. The predicted molar refractivity (Wildman–Crippen MR) is 135 cm³/mol. The molecule has 6 heteroatoms. The van der Waals surface area contributed by atoms with Crippen LogP contribution in [0.1, 0.15) is 5.56 Å². The third kappa shape index (κ3) is 4.25. The Morgan fingerprint density at radius 3 is 2.70 bits per heavy atom. The summed E-state index contributed by atoms with van der Waals surface area (Å²) in [5.41, 5.74) is 3.71. The molecule has 0 aliphatic carbocycles. The molecule has 0 fully saturated rings. The van der Waals surface area contributed by atoms with E-state index in [0.29, 0.717) is 22.7 Å². The van der Waals surface area contributed by atoms with Crippen LogP contribution in [0.4, 0.5) is 5.69 Å². The Morgan fingerprint density at radius 2 is 1.85 bits per heavy atom. The van der Waals surface area contributed by atoms with E-state index in [4.69, 9.17) is 14.1 Å². The summed E-state index contributed by atoms with van der Waals surface area (Å²) >= 11 is 3.46. The topological polar surface area (TPSA) is 64.4 Å². The van der Waals surface area contributed by atoms with Gasteiger partial charge in [-0.25, -0.2) is 4.98 Å². The van der Waals surface area contributed by atoms with Crippen molar-refractivity contribution < 1.29 is 13.9 Å². The molecule has 0 aliphatic heterocycles. The number of amides is 1. The van der Waals surface area contributed by atoms with Gasteiger partial charge in [0.1, 0.15) is 11.3 Å². The van der Waals surface area contributed by atoms with Gasteiger partial charge in [0.2, 0.25) is 11.8 Å². The van der Waals surface area contributed by atoms with Crippen LogP contribution >= 0.6 is 15.9 Å². The molecule has 5 nitrogen and oxygen atoms in total. The first-order valence-electron chi connectivity index (χ1n) is 10.3. The zero-order valence-corrected chi connectivity index (χ0v) is 19.3. The standard InChI is InChI=1S/C27H19BrN2O3/c1-32-23-13-10-17(16-21(23)28)11-15-25(31)29-22-9-5-4-8-20(22)27-30-26-19-7-3-2-6-18(19)12-14-24(26)33-27/h2-16H,1H3,(H,29,31). The van der Waals surface area contributed by atoms with Crippen molar-refractivity contribution in [2.45, 2.75) is 0 Å². The Kier molecular flexibility index (Phi) is 5.67. The lowest BCUT2D eigenvalue weighted by Crippen LogP contribution is -2.08. The summed E-state index contributed by atoms with van der Waals surface area (Å²) in [5.74, 6) is 0.938. The van der Waals surface area contributed by atoms with Gasteiger partial charge in [0.25, 0.3) is 0 Å². The molecular formula is C27H19BrN2O3. The van der Waals surface area contributed by atoms with Crippen LogP contribution in [0.5, 0.6) is 5.75 Å². The molecule has 1 heterocycles. The monoisotopic (exact) mass is 498 g/mol. The van der Waals surface area contributed by atoms with E-state index in [2.05, 4.69) is 21.2 Å². The number of halogens is 1. The molecule has 0 saturated heterocycles. The van der Waals surface area contributed by atoms with Gasteiger partial charge in [-0.3, -0.25) is 4.79 Å². The van der Waals surface area contributed by atoms with Crippen molar-refractivity contribution in [3.8, 4) is 17.2 Å². The number of benzene rings is 4. The van der Waals surface area contributed by atoms with Gasteiger partial charge < -0.3 is 14.5 Å². The van der Waals surface area contributed by atoms with E-state index in [0.717, 1.165) is 32.1 Å². The van der Waals surface area contributed by atoms with Gasteiger partial charge in [-0.2, -0.15) is 0 Å². The van der Waals surface area contributed by atoms with Crippen molar-refractivity contribution in [3.63, 3.8) is 0 Å². The molecular weight excluding hydrogens is 480 g/mol. The van der Waals surface area contributed by atoms with Crippen molar-refractivity contribution in [1.82, 2.24) is 4.98 Å². The van der Waals surface area contributed by atoms with E-state index >= 15 is 0 Å². The number of hydrogen-bond acceptors (Lipinski definition) is 4. The average Bonchev–Trinajstić information content (AvgIpc) is 3.28. The minimum atomic E-state index is -0.254. The van der Waals surface area contributed by atoms with Gasteiger partial charge >= 0.3 is 0 Å². The molecule has 0 aliphatic rings. The molecule has 4 aromatic carbocycles. The van der Waals surface area contributed by atoms with Crippen LogP contribution in [0.25, 0.3) is 39.4 Å². The number of ether oxygens (including phenoxy) is 1. The van der Waals surface area contributed by atoms with E-state index in [1.54, 1.807) is 13.2 Å². The molecule has 5 rings (SSSR count). The Labute approximate surface area is 198 Å². The highest BCUT2D eigenvalue weighted by Crippen LogP contribution is 2.33. The molecule has 0 spiro atoms. The van der Waals surface area contributed by atoms with Gasteiger partial charge in [0.15, 0.2) is 5.58 Å². The Hall–Kier alpha value is -3.90. The van der Waals surface area contributed by atoms with E-state index in [1.165, 1.54) is 6.08 Å². The summed E-state index contributed by atoms with van der Waals surface area (Å²) in [7, 11) is 1.61. The lowest BCUT2D eigenvalue weighted by Gasteiger charge is -2.07. The number of nitrogens with zero attached hydrogens (tertiary/aromatic N) is 1. The van der Waals surface area contributed by atoms with Crippen molar-refractivity contribution >= 4 is 55.5 Å². The fourth-order valence-electron chi connectivity index (χ4n) is 3.69. The molecule has 0 unspecified atom stereocenters. The smallest absolute Gasteiger partial charge is 0.248 e. The Balaban J connectivity index is 1.43. The number of carbonyl (C=O) groups is 1. The maximum absolute atomic E-state index is 12.6. The van der Waals surface area contributed by atoms with Gasteiger partial charge in [-0.05, 0) is 63.3 Å². The number of anilines is 1. The number of carbonyl (C=O) groups excluding carboxylic acids is 1. The first kappa shape index (κ1) is 21.0.